The lowest BCUT2D eigenvalue weighted by molar-refractivity contribution is 0.0697. The molecule has 0 unspecified atom stereocenters. The molecule has 4 rings (SSSR count). The van der Waals surface area contributed by atoms with Crippen LogP contribution in [0.5, 0.6) is 0 Å². The van der Waals surface area contributed by atoms with Crippen LogP contribution in [-0.4, -0.2) is 35.7 Å². The number of carboxylic acid groups (broad SMARTS) is 1. The van der Waals surface area contributed by atoms with E-state index in [-0.39, 0.29) is 5.56 Å². The molecule has 0 amide bonds. The fourth-order valence-corrected chi connectivity index (χ4v) is 3.70. The van der Waals surface area contributed by atoms with Crippen molar-refractivity contribution in [2.45, 2.75) is 0 Å². The van der Waals surface area contributed by atoms with Crippen LogP contribution in [0.2, 0.25) is 0 Å². The monoisotopic (exact) mass is 407 g/mol. The first kappa shape index (κ1) is 18.7. The molecule has 4 aromatic rings. The molecule has 0 aliphatic carbocycles. The van der Waals surface area contributed by atoms with Gasteiger partial charge in [-0.25, -0.2) is 18.2 Å². The minimum Gasteiger partial charge on any atom is -0.478 e. The molecule has 0 spiro atoms. The van der Waals surface area contributed by atoms with Gasteiger partial charge in [-0.05, 0) is 41.5 Å². The summed E-state index contributed by atoms with van der Waals surface area (Å²) in [5, 5.41) is 9.97. The number of rotatable bonds is 5. The quantitative estimate of drug-likeness (QED) is 0.463. The number of aromatic amines is 1. The van der Waals surface area contributed by atoms with Gasteiger partial charge in [-0.15, -0.1) is 0 Å². The molecule has 7 nitrogen and oxygen atoms in total. The standard InChI is InChI=1S/C21H17N3O4S/c1-29(27,28)24-17-8-6-13(7-9-17)16-10-18-19(12-23-20(18)22-11-16)14-2-4-15(5-3-14)21(25)26/h2-12,24H,1H3,(H,22,23)(H,25,26). The van der Waals surface area contributed by atoms with Gasteiger partial charge in [0.05, 0.1) is 11.8 Å². The van der Waals surface area contributed by atoms with Crippen molar-refractivity contribution in [2.24, 2.45) is 0 Å². The zero-order valence-corrected chi connectivity index (χ0v) is 16.2. The summed E-state index contributed by atoms with van der Waals surface area (Å²) in [6, 6.07) is 15.7. The average molecular weight is 407 g/mol. The van der Waals surface area contributed by atoms with Gasteiger partial charge in [0.25, 0.3) is 0 Å². The number of aromatic carboxylic acids is 1. The summed E-state index contributed by atoms with van der Waals surface area (Å²) in [7, 11) is -3.32. The van der Waals surface area contributed by atoms with Gasteiger partial charge in [0.15, 0.2) is 0 Å². The van der Waals surface area contributed by atoms with E-state index in [0.29, 0.717) is 5.69 Å². The van der Waals surface area contributed by atoms with E-state index in [1.54, 1.807) is 42.6 Å². The van der Waals surface area contributed by atoms with E-state index in [1.165, 1.54) is 0 Å². The summed E-state index contributed by atoms with van der Waals surface area (Å²) >= 11 is 0. The van der Waals surface area contributed by atoms with Gasteiger partial charge in [-0.1, -0.05) is 24.3 Å². The predicted octanol–water partition coefficient (Wildman–Crippen LogP) is 3.97. The number of carboxylic acids is 1. The number of pyridine rings is 1. The van der Waals surface area contributed by atoms with Crippen molar-refractivity contribution in [3.63, 3.8) is 0 Å². The number of nitrogens with one attached hydrogen (secondary N) is 2. The smallest absolute Gasteiger partial charge is 0.335 e. The summed E-state index contributed by atoms with van der Waals surface area (Å²) in [6.07, 6.45) is 4.70. The van der Waals surface area contributed by atoms with Crippen molar-refractivity contribution >= 4 is 32.7 Å². The summed E-state index contributed by atoms with van der Waals surface area (Å²) < 4.78 is 25.1. The molecule has 0 bridgehead atoms. The van der Waals surface area contributed by atoms with E-state index in [2.05, 4.69) is 14.7 Å². The van der Waals surface area contributed by atoms with Gasteiger partial charge in [-0.2, -0.15) is 0 Å². The molecule has 0 aliphatic rings. The summed E-state index contributed by atoms with van der Waals surface area (Å²) in [5.41, 5.74) is 5.02. The maximum absolute atomic E-state index is 11.3. The van der Waals surface area contributed by atoms with E-state index in [4.69, 9.17) is 5.11 Å². The van der Waals surface area contributed by atoms with Crippen LogP contribution < -0.4 is 4.72 Å². The second-order valence-corrected chi connectivity index (χ2v) is 8.41. The van der Waals surface area contributed by atoms with Crippen molar-refractivity contribution in [1.29, 1.82) is 0 Å². The third-order valence-electron chi connectivity index (χ3n) is 4.50. The van der Waals surface area contributed by atoms with Crippen LogP contribution >= 0.6 is 0 Å². The van der Waals surface area contributed by atoms with Crippen LogP contribution in [0.3, 0.4) is 0 Å². The van der Waals surface area contributed by atoms with Crippen LogP contribution in [0.15, 0.2) is 67.0 Å². The van der Waals surface area contributed by atoms with Crippen molar-refractivity contribution in [3.8, 4) is 22.3 Å². The maximum Gasteiger partial charge on any atom is 0.335 e. The van der Waals surface area contributed by atoms with Gasteiger partial charge < -0.3 is 10.1 Å². The Bertz CT molecular complexity index is 1310. The number of hydrogen-bond donors (Lipinski definition) is 3. The maximum atomic E-state index is 11.3. The molecular weight excluding hydrogens is 390 g/mol. The van der Waals surface area contributed by atoms with E-state index in [0.717, 1.165) is 39.5 Å². The summed E-state index contributed by atoms with van der Waals surface area (Å²) in [4.78, 5) is 18.7. The molecule has 0 aliphatic heterocycles. The first-order valence-corrected chi connectivity index (χ1v) is 10.6. The van der Waals surface area contributed by atoms with E-state index in [9.17, 15) is 13.2 Å². The van der Waals surface area contributed by atoms with E-state index >= 15 is 0 Å². The number of fused-ring (bicyclic) bond motifs is 1. The van der Waals surface area contributed by atoms with Crippen LogP contribution in [0, 0.1) is 0 Å². The summed E-state index contributed by atoms with van der Waals surface area (Å²) in [5.74, 6) is -0.965. The van der Waals surface area contributed by atoms with Gasteiger partial charge in [-0.3, -0.25) is 4.72 Å². The van der Waals surface area contributed by atoms with Crippen LogP contribution in [0.1, 0.15) is 10.4 Å². The minimum absolute atomic E-state index is 0.232. The number of hydrogen-bond acceptors (Lipinski definition) is 4. The van der Waals surface area contributed by atoms with Gasteiger partial charge in [0.1, 0.15) is 5.65 Å². The Balaban J connectivity index is 1.71. The minimum atomic E-state index is -3.32. The van der Waals surface area contributed by atoms with Gasteiger partial charge in [0, 0.05) is 34.6 Å². The van der Waals surface area contributed by atoms with E-state index in [1.807, 2.05) is 24.4 Å². The Kier molecular flexibility index (Phi) is 4.56. The van der Waals surface area contributed by atoms with E-state index < -0.39 is 16.0 Å². The Labute approximate surface area is 167 Å². The number of sulfonamides is 1. The molecule has 2 heterocycles. The Morgan fingerprint density at radius 3 is 2.28 bits per heavy atom. The normalized spacial score (nSPS) is 11.5. The van der Waals surface area contributed by atoms with Crippen molar-refractivity contribution in [3.05, 3.63) is 72.6 Å². The lowest BCUT2D eigenvalue weighted by Crippen LogP contribution is -2.09. The van der Waals surface area contributed by atoms with Gasteiger partial charge >= 0.3 is 5.97 Å². The number of carbonyl (C=O) groups is 1. The van der Waals surface area contributed by atoms with Crippen molar-refractivity contribution < 1.29 is 18.3 Å². The second-order valence-electron chi connectivity index (χ2n) is 6.66. The molecule has 146 valence electrons. The summed E-state index contributed by atoms with van der Waals surface area (Å²) in [6.45, 7) is 0. The third kappa shape index (κ3) is 3.97. The molecule has 0 atom stereocenters. The zero-order valence-electron chi connectivity index (χ0n) is 15.4. The molecule has 29 heavy (non-hydrogen) atoms. The number of benzene rings is 2. The molecule has 8 heteroatoms. The molecule has 2 aromatic carbocycles. The SMILES string of the molecule is CS(=O)(=O)Nc1ccc(-c2cnc3[nH]cc(-c4ccc(C(=O)O)cc4)c3c2)cc1. The highest BCUT2D eigenvalue weighted by Crippen LogP contribution is 2.31. The first-order chi connectivity index (χ1) is 13.8. The largest absolute Gasteiger partial charge is 0.478 e. The Morgan fingerprint density at radius 2 is 1.66 bits per heavy atom. The highest BCUT2D eigenvalue weighted by Gasteiger charge is 2.11. The fraction of sp³-hybridized carbons (Fsp3) is 0.0476. The van der Waals surface area contributed by atoms with Crippen LogP contribution in [0.4, 0.5) is 5.69 Å². The van der Waals surface area contributed by atoms with Crippen LogP contribution in [0.25, 0.3) is 33.3 Å². The highest BCUT2D eigenvalue weighted by atomic mass is 32.2. The Morgan fingerprint density at radius 1 is 1.00 bits per heavy atom. The third-order valence-corrected chi connectivity index (χ3v) is 5.10. The molecular formula is C21H17N3O4S. The molecule has 0 fully saturated rings. The highest BCUT2D eigenvalue weighted by molar-refractivity contribution is 7.92. The number of nitrogens with zero attached hydrogens (tertiary/aromatic N) is 1. The molecule has 0 radical (unpaired) electrons. The van der Waals surface area contributed by atoms with Crippen molar-refractivity contribution in [2.75, 3.05) is 11.0 Å². The average Bonchev–Trinajstić information content (AvgIpc) is 3.10. The topological polar surface area (TPSA) is 112 Å². The number of aromatic nitrogens is 2. The number of H-pyrrole nitrogens is 1. The Hall–Kier alpha value is -3.65. The fourth-order valence-electron chi connectivity index (χ4n) is 3.14. The first-order valence-electron chi connectivity index (χ1n) is 8.69. The molecule has 2 aromatic heterocycles. The zero-order chi connectivity index (χ0) is 20.6. The molecule has 3 N–H and O–H groups in total. The second kappa shape index (κ2) is 7.06. The lowest BCUT2D eigenvalue weighted by Gasteiger charge is -2.07. The van der Waals surface area contributed by atoms with Gasteiger partial charge in [0.2, 0.25) is 10.0 Å². The van der Waals surface area contributed by atoms with Crippen molar-refractivity contribution in [1.82, 2.24) is 9.97 Å². The number of anilines is 1. The predicted molar refractivity (Wildman–Crippen MR) is 112 cm³/mol. The van der Waals surface area contributed by atoms with Crippen LogP contribution in [-0.2, 0) is 10.0 Å². The lowest BCUT2D eigenvalue weighted by atomic mass is 10.0. The molecule has 0 saturated heterocycles. The molecule has 0 saturated carbocycles.